The van der Waals surface area contributed by atoms with Crippen molar-refractivity contribution in [3.63, 3.8) is 0 Å². The normalized spacial score (nSPS) is 16.8. The number of morpholine rings is 1. The first-order chi connectivity index (χ1) is 8.93. The van der Waals surface area contributed by atoms with Crippen molar-refractivity contribution in [2.75, 3.05) is 31.2 Å². The molecule has 0 N–H and O–H groups in total. The van der Waals surface area contributed by atoms with Gasteiger partial charge in [-0.25, -0.2) is 8.78 Å². The van der Waals surface area contributed by atoms with E-state index in [0.29, 0.717) is 47.9 Å². The number of rotatable bonds is 3. The lowest BCUT2D eigenvalue weighted by Gasteiger charge is -2.33. The van der Waals surface area contributed by atoms with Crippen molar-refractivity contribution in [1.29, 1.82) is 0 Å². The van der Waals surface area contributed by atoms with Crippen LogP contribution >= 0.6 is 27.5 Å². The van der Waals surface area contributed by atoms with Crippen LogP contribution in [-0.4, -0.2) is 26.3 Å². The van der Waals surface area contributed by atoms with Crippen LogP contribution < -0.4 is 4.90 Å². The van der Waals surface area contributed by atoms with E-state index >= 15 is 0 Å². The van der Waals surface area contributed by atoms with Crippen molar-refractivity contribution in [1.82, 2.24) is 0 Å². The van der Waals surface area contributed by atoms with Crippen molar-refractivity contribution < 1.29 is 13.5 Å². The lowest BCUT2D eigenvalue weighted by molar-refractivity contribution is 0.0169. The summed E-state index contributed by atoms with van der Waals surface area (Å²) in [5, 5.41) is 0.827. The average Bonchev–Trinajstić information content (AvgIpc) is 2.37. The first-order valence-electron chi connectivity index (χ1n) is 6.03. The quantitative estimate of drug-likeness (QED) is 0.755. The Morgan fingerprint density at radius 3 is 2.53 bits per heavy atom. The largest absolute Gasteiger partial charge is 0.378 e. The second-order valence-electron chi connectivity index (χ2n) is 4.58. The third-order valence-electron chi connectivity index (χ3n) is 3.10. The van der Waals surface area contributed by atoms with Gasteiger partial charge >= 0.3 is 0 Å². The van der Waals surface area contributed by atoms with Crippen molar-refractivity contribution in [2.45, 2.75) is 18.2 Å². The summed E-state index contributed by atoms with van der Waals surface area (Å²) in [6.45, 7) is 3.22. The number of benzene rings is 1. The van der Waals surface area contributed by atoms with Crippen LogP contribution in [0.3, 0.4) is 0 Å². The zero-order valence-electron chi connectivity index (χ0n) is 10.6. The van der Waals surface area contributed by atoms with Gasteiger partial charge in [-0.05, 0) is 17.7 Å². The van der Waals surface area contributed by atoms with Crippen LogP contribution in [0.15, 0.2) is 12.1 Å². The minimum absolute atomic E-state index is 0.0516. The summed E-state index contributed by atoms with van der Waals surface area (Å²) in [6.07, 6.45) is 0. The number of ether oxygens (including phenoxy) is 1. The molecule has 1 saturated heterocycles. The fourth-order valence-electron chi connectivity index (χ4n) is 2.31. The number of nitrogens with zero attached hydrogens (tertiary/aromatic N) is 1. The average molecular weight is 355 g/mol. The summed E-state index contributed by atoms with van der Waals surface area (Å²) in [5.74, 6) is -2.90. The zero-order valence-corrected chi connectivity index (χ0v) is 12.9. The van der Waals surface area contributed by atoms with Crippen LogP contribution in [-0.2, 0) is 16.0 Å². The van der Waals surface area contributed by atoms with E-state index in [-0.39, 0.29) is 5.56 Å². The molecule has 2 rings (SSSR count). The molecule has 106 valence electrons. The third-order valence-corrected chi connectivity index (χ3v) is 3.92. The Kier molecular flexibility index (Phi) is 4.69. The standard InChI is InChI=1S/C13H15BrClF2NO/c1-13(16,17)12-9(8-14)6-10(15)7-11(12)18-2-4-19-5-3-18/h6-7H,2-5,8H2,1H3. The maximum absolute atomic E-state index is 13.9. The van der Waals surface area contributed by atoms with Crippen LogP contribution in [0.1, 0.15) is 18.1 Å². The SMILES string of the molecule is CC(F)(F)c1c(CBr)cc(Cl)cc1N1CCOCC1. The molecular weight excluding hydrogens is 340 g/mol. The number of alkyl halides is 3. The topological polar surface area (TPSA) is 12.5 Å². The number of halogens is 4. The first-order valence-corrected chi connectivity index (χ1v) is 7.53. The van der Waals surface area contributed by atoms with Crippen LogP contribution in [0.4, 0.5) is 14.5 Å². The van der Waals surface area contributed by atoms with Gasteiger partial charge in [-0.3, -0.25) is 0 Å². The van der Waals surface area contributed by atoms with Gasteiger partial charge in [0.1, 0.15) is 0 Å². The fourth-order valence-corrected chi connectivity index (χ4v) is 2.99. The summed E-state index contributed by atoms with van der Waals surface area (Å²) >= 11 is 9.30. The molecule has 0 radical (unpaired) electrons. The molecule has 0 atom stereocenters. The Morgan fingerprint density at radius 2 is 2.00 bits per heavy atom. The lowest BCUT2D eigenvalue weighted by Crippen LogP contribution is -2.37. The molecule has 1 heterocycles. The minimum atomic E-state index is -2.90. The number of hydrogen-bond donors (Lipinski definition) is 0. The van der Waals surface area contributed by atoms with E-state index in [4.69, 9.17) is 16.3 Å². The van der Waals surface area contributed by atoms with E-state index in [1.165, 1.54) is 0 Å². The highest BCUT2D eigenvalue weighted by Crippen LogP contribution is 2.40. The molecule has 0 aliphatic carbocycles. The summed E-state index contributed by atoms with van der Waals surface area (Å²) < 4.78 is 33.1. The number of anilines is 1. The molecule has 0 aromatic heterocycles. The zero-order chi connectivity index (χ0) is 14.0. The first kappa shape index (κ1) is 15.0. The molecule has 1 aliphatic rings. The molecule has 1 aliphatic heterocycles. The molecule has 1 aromatic carbocycles. The fraction of sp³-hybridized carbons (Fsp3) is 0.538. The van der Waals surface area contributed by atoms with Gasteiger partial charge in [0.15, 0.2) is 0 Å². The molecule has 0 spiro atoms. The summed E-state index contributed by atoms with van der Waals surface area (Å²) in [6, 6.07) is 3.21. The molecule has 0 unspecified atom stereocenters. The predicted octanol–water partition coefficient (Wildman–Crippen LogP) is 4.18. The second-order valence-corrected chi connectivity index (χ2v) is 5.58. The molecule has 0 amide bonds. The Balaban J connectivity index is 2.53. The van der Waals surface area contributed by atoms with Gasteiger partial charge in [-0.2, -0.15) is 0 Å². The highest BCUT2D eigenvalue weighted by molar-refractivity contribution is 9.08. The van der Waals surface area contributed by atoms with Gasteiger partial charge in [-0.1, -0.05) is 27.5 Å². The van der Waals surface area contributed by atoms with E-state index < -0.39 is 5.92 Å². The van der Waals surface area contributed by atoms with E-state index in [2.05, 4.69) is 15.9 Å². The number of hydrogen-bond acceptors (Lipinski definition) is 2. The van der Waals surface area contributed by atoms with Gasteiger partial charge in [0.25, 0.3) is 5.92 Å². The van der Waals surface area contributed by atoms with Crippen molar-refractivity contribution in [3.8, 4) is 0 Å². The van der Waals surface area contributed by atoms with Gasteiger partial charge in [0.05, 0.1) is 13.2 Å². The third kappa shape index (κ3) is 3.38. The van der Waals surface area contributed by atoms with Crippen molar-refractivity contribution >= 4 is 33.2 Å². The van der Waals surface area contributed by atoms with Gasteiger partial charge in [0.2, 0.25) is 0 Å². The predicted molar refractivity (Wildman–Crippen MR) is 76.7 cm³/mol. The molecule has 6 heteroatoms. The van der Waals surface area contributed by atoms with Gasteiger partial charge in [0, 0.05) is 41.6 Å². The summed E-state index contributed by atoms with van der Waals surface area (Å²) in [5.41, 5.74) is 1.09. The summed E-state index contributed by atoms with van der Waals surface area (Å²) in [4.78, 5) is 1.91. The molecule has 0 bridgehead atoms. The van der Waals surface area contributed by atoms with Gasteiger partial charge < -0.3 is 9.64 Å². The Bertz CT molecular complexity index is 459. The van der Waals surface area contributed by atoms with Crippen molar-refractivity contribution in [2.24, 2.45) is 0 Å². The molecule has 1 aromatic rings. The van der Waals surface area contributed by atoms with Crippen LogP contribution in [0, 0.1) is 0 Å². The minimum Gasteiger partial charge on any atom is -0.378 e. The Hall–Kier alpha value is -0.390. The van der Waals surface area contributed by atoms with Crippen LogP contribution in [0.2, 0.25) is 5.02 Å². The maximum atomic E-state index is 13.9. The van der Waals surface area contributed by atoms with Crippen LogP contribution in [0.5, 0.6) is 0 Å². The maximum Gasteiger partial charge on any atom is 0.272 e. The molecular formula is C13H15BrClF2NO. The highest BCUT2D eigenvalue weighted by atomic mass is 79.9. The Morgan fingerprint density at radius 1 is 1.37 bits per heavy atom. The summed E-state index contributed by atoms with van der Waals surface area (Å²) in [7, 11) is 0. The smallest absolute Gasteiger partial charge is 0.272 e. The highest BCUT2D eigenvalue weighted by Gasteiger charge is 2.33. The molecule has 1 fully saturated rings. The lowest BCUT2D eigenvalue weighted by atomic mass is 10.00. The molecule has 2 nitrogen and oxygen atoms in total. The monoisotopic (exact) mass is 353 g/mol. The van der Waals surface area contributed by atoms with Crippen molar-refractivity contribution in [3.05, 3.63) is 28.3 Å². The molecule has 0 saturated carbocycles. The Labute approximate surface area is 124 Å². The van der Waals surface area contributed by atoms with Crippen LogP contribution in [0.25, 0.3) is 0 Å². The van der Waals surface area contributed by atoms with E-state index in [1.807, 2.05) is 4.90 Å². The molecule has 19 heavy (non-hydrogen) atoms. The second kappa shape index (κ2) is 5.94. The van der Waals surface area contributed by atoms with E-state index in [1.54, 1.807) is 12.1 Å². The van der Waals surface area contributed by atoms with E-state index in [0.717, 1.165) is 6.92 Å². The van der Waals surface area contributed by atoms with E-state index in [9.17, 15) is 8.78 Å². The van der Waals surface area contributed by atoms with Gasteiger partial charge in [-0.15, -0.1) is 0 Å².